The Morgan fingerprint density at radius 2 is 1.75 bits per heavy atom. The number of esters is 1. The molecule has 0 radical (unpaired) electrons. The van der Waals surface area contributed by atoms with Gasteiger partial charge in [0.2, 0.25) is 0 Å². The van der Waals surface area contributed by atoms with Gasteiger partial charge in [-0.05, 0) is 29.5 Å². The topological polar surface area (TPSA) is 80.7 Å². The lowest BCUT2D eigenvalue weighted by molar-refractivity contribution is 0.0505. The Bertz CT molecular complexity index is 552. The first-order valence-electron chi connectivity index (χ1n) is 6.32. The molecule has 0 amide bonds. The summed E-state index contributed by atoms with van der Waals surface area (Å²) in [5.41, 5.74) is 1.54. The third-order valence-corrected chi connectivity index (χ3v) is 3.57. The summed E-state index contributed by atoms with van der Waals surface area (Å²) in [6.07, 6.45) is 0.0741. The average molecular weight is 300 g/mol. The fourth-order valence-corrected chi connectivity index (χ4v) is 2.08. The minimum Gasteiger partial charge on any atom is -0.462 e. The van der Waals surface area contributed by atoms with E-state index in [1.54, 1.807) is 12.1 Å². The van der Waals surface area contributed by atoms with E-state index in [2.05, 4.69) is 20.8 Å². The predicted octanol–water partition coefficient (Wildman–Crippen LogP) is 2.42. The van der Waals surface area contributed by atoms with Crippen LogP contribution in [-0.2, 0) is 20.3 Å². The molecule has 0 aliphatic heterocycles. The molecule has 1 aromatic carbocycles. The molecule has 0 unspecified atom stereocenters. The van der Waals surface area contributed by atoms with Crippen molar-refractivity contribution in [3.63, 3.8) is 0 Å². The minimum absolute atomic E-state index is 0.0118. The molecule has 20 heavy (non-hydrogen) atoms. The third kappa shape index (κ3) is 5.71. The van der Waals surface area contributed by atoms with E-state index in [0.29, 0.717) is 5.56 Å². The Morgan fingerprint density at radius 1 is 1.20 bits per heavy atom. The standard InChI is InChI=1S/C14H20O5S/c1-14(2,3)12-7-5-11(6-8-12)13(15)19-9-4-10-20(16,17)18/h5-8H,4,9-10H2,1-3H3,(H,16,17,18). The number of hydrogen-bond donors (Lipinski definition) is 1. The van der Waals surface area contributed by atoms with Crippen LogP contribution in [0.3, 0.4) is 0 Å². The van der Waals surface area contributed by atoms with Gasteiger partial charge in [0, 0.05) is 0 Å². The van der Waals surface area contributed by atoms with Crippen molar-refractivity contribution in [2.24, 2.45) is 0 Å². The highest BCUT2D eigenvalue weighted by molar-refractivity contribution is 7.85. The molecule has 1 N–H and O–H groups in total. The van der Waals surface area contributed by atoms with Gasteiger partial charge in [-0.1, -0.05) is 32.9 Å². The number of rotatable bonds is 5. The summed E-state index contributed by atoms with van der Waals surface area (Å²) in [5, 5.41) is 0. The normalized spacial score (nSPS) is 12.2. The molecule has 1 rings (SSSR count). The first kappa shape index (κ1) is 16.7. The van der Waals surface area contributed by atoms with Crippen molar-refractivity contribution in [2.45, 2.75) is 32.6 Å². The third-order valence-electron chi connectivity index (χ3n) is 2.77. The fourth-order valence-electron chi connectivity index (χ4n) is 1.60. The molecule has 0 bridgehead atoms. The van der Waals surface area contributed by atoms with E-state index in [9.17, 15) is 13.2 Å². The second kappa shape index (κ2) is 6.37. The summed E-state index contributed by atoms with van der Waals surface area (Å²) < 4.78 is 34.5. The van der Waals surface area contributed by atoms with Crippen molar-refractivity contribution >= 4 is 16.1 Å². The van der Waals surface area contributed by atoms with Gasteiger partial charge in [0.05, 0.1) is 17.9 Å². The van der Waals surface area contributed by atoms with Crippen molar-refractivity contribution in [2.75, 3.05) is 12.4 Å². The maximum absolute atomic E-state index is 11.7. The smallest absolute Gasteiger partial charge is 0.338 e. The van der Waals surface area contributed by atoms with E-state index in [1.807, 2.05) is 12.1 Å². The van der Waals surface area contributed by atoms with E-state index in [1.165, 1.54) is 0 Å². The molecule has 0 aromatic heterocycles. The van der Waals surface area contributed by atoms with Crippen LogP contribution < -0.4 is 0 Å². The second-order valence-corrected chi connectivity index (χ2v) is 7.17. The van der Waals surface area contributed by atoms with Crippen molar-refractivity contribution in [3.05, 3.63) is 35.4 Å². The average Bonchev–Trinajstić information content (AvgIpc) is 2.32. The number of carbonyl (C=O) groups excluding carboxylic acids is 1. The highest BCUT2D eigenvalue weighted by Gasteiger charge is 2.14. The van der Waals surface area contributed by atoms with Crippen LogP contribution in [0, 0.1) is 0 Å². The van der Waals surface area contributed by atoms with E-state index in [4.69, 9.17) is 9.29 Å². The summed E-state index contributed by atoms with van der Waals surface area (Å²) >= 11 is 0. The fraction of sp³-hybridized carbons (Fsp3) is 0.500. The first-order valence-corrected chi connectivity index (χ1v) is 7.93. The maximum Gasteiger partial charge on any atom is 0.338 e. The molecule has 0 fully saturated rings. The molecule has 0 saturated carbocycles. The molecule has 112 valence electrons. The minimum atomic E-state index is -4.00. The molecular weight excluding hydrogens is 280 g/mol. The van der Waals surface area contributed by atoms with E-state index >= 15 is 0 Å². The monoisotopic (exact) mass is 300 g/mol. The zero-order valence-electron chi connectivity index (χ0n) is 11.9. The van der Waals surface area contributed by atoms with Gasteiger partial charge in [0.15, 0.2) is 0 Å². The van der Waals surface area contributed by atoms with Crippen LogP contribution in [0.1, 0.15) is 43.1 Å². The molecule has 0 aliphatic rings. The van der Waals surface area contributed by atoms with E-state index < -0.39 is 21.8 Å². The first-order chi connectivity index (χ1) is 9.09. The van der Waals surface area contributed by atoms with Crippen LogP contribution in [0.4, 0.5) is 0 Å². The molecular formula is C14H20O5S. The van der Waals surface area contributed by atoms with Crippen LogP contribution >= 0.6 is 0 Å². The van der Waals surface area contributed by atoms with Crippen LogP contribution in [0.2, 0.25) is 0 Å². The zero-order valence-corrected chi connectivity index (χ0v) is 12.7. The largest absolute Gasteiger partial charge is 0.462 e. The quantitative estimate of drug-likeness (QED) is 0.513. The summed E-state index contributed by atoms with van der Waals surface area (Å²) in [5.74, 6) is -0.913. The molecule has 0 spiro atoms. The lowest BCUT2D eigenvalue weighted by atomic mass is 9.87. The van der Waals surface area contributed by atoms with Gasteiger partial charge < -0.3 is 4.74 Å². The molecule has 0 saturated heterocycles. The van der Waals surface area contributed by atoms with Gasteiger partial charge in [-0.3, -0.25) is 4.55 Å². The Kier molecular flexibility index (Phi) is 5.30. The summed E-state index contributed by atoms with van der Waals surface area (Å²) in [6.45, 7) is 6.20. The van der Waals surface area contributed by atoms with Gasteiger partial charge >= 0.3 is 5.97 Å². The van der Waals surface area contributed by atoms with Crippen molar-refractivity contribution in [1.82, 2.24) is 0 Å². The molecule has 5 nitrogen and oxygen atoms in total. The molecule has 0 heterocycles. The van der Waals surface area contributed by atoms with E-state index in [-0.39, 0.29) is 18.4 Å². The molecule has 0 atom stereocenters. The predicted molar refractivity (Wildman–Crippen MR) is 76.5 cm³/mol. The molecule has 0 aliphatic carbocycles. The Balaban J connectivity index is 2.52. The number of ether oxygens (including phenoxy) is 1. The number of benzene rings is 1. The van der Waals surface area contributed by atoms with Crippen LogP contribution in [0.15, 0.2) is 24.3 Å². The van der Waals surface area contributed by atoms with Gasteiger partial charge in [0.1, 0.15) is 0 Å². The second-order valence-electron chi connectivity index (χ2n) is 5.60. The lowest BCUT2D eigenvalue weighted by Gasteiger charge is -2.18. The zero-order chi connectivity index (χ0) is 15.4. The molecule has 6 heteroatoms. The lowest BCUT2D eigenvalue weighted by Crippen LogP contribution is -2.13. The number of hydrogen-bond acceptors (Lipinski definition) is 4. The Morgan fingerprint density at radius 3 is 2.20 bits per heavy atom. The van der Waals surface area contributed by atoms with Gasteiger partial charge in [-0.2, -0.15) is 8.42 Å². The summed E-state index contributed by atoms with van der Waals surface area (Å²) in [6, 6.07) is 7.11. The highest BCUT2D eigenvalue weighted by Crippen LogP contribution is 2.22. The highest BCUT2D eigenvalue weighted by atomic mass is 32.2. The van der Waals surface area contributed by atoms with Crippen LogP contribution in [0.5, 0.6) is 0 Å². The van der Waals surface area contributed by atoms with Crippen molar-refractivity contribution < 1.29 is 22.5 Å². The Hall–Kier alpha value is -1.40. The molecule has 1 aromatic rings. The SMILES string of the molecule is CC(C)(C)c1ccc(C(=O)OCCCS(=O)(=O)O)cc1. The van der Waals surface area contributed by atoms with Crippen LogP contribution in [-0.4, -0.2) is 31.3 Å². The van der Waals surface area contributed by atoms with Gasteiger partial charge in [0.25, 0.3) is 10.1 Å². The van der Waals surface area contributed by atoms with Crippen LogP contribution in [0.25, 0.3) is 0 Å². The number of carbonyl (C=O) groups is 1. The van der Waals surface area contributed by atoms with Gasteiger partial charge in [-0.15, -0.1) is 0 Å². The Labute approximate surface area is 119 Å². The van der Waals surface area contributed by atoms with Crippen molar-refractivity contribution in [1.29, 1.82) is 0 Å². The summed E-state index contributed by atoms with van der Waals surface area (Å²) in [4.78, 5) is 11.7. The van der Waals surface area contributed by atoms with E-state index in [0.717, 1.165) is 5.56 Å². The van der Waals surface area contributed by atoms with Crippen molar-refractivity contribution in [3.8, 4) is 0 Å². The summed E-state index contributed by atoms with van der Waals surface area (Å²) in [7, 11) is -4.00. The van der Waals surface area contributed by atoms with Gasteiger partial charge in [-0.25, -0.2) is 4.79 Å². The maximum atomic E-state index is 11.7.